The molecule has 4 heteroatoms. The van der Waals surface area contributed by atoms with Gasteiger partial charge in [0, 0.05) is 26.7 Å². The molecule has 1 fully saturated rings. The van der Waals surface area contributed by atoms with Crippen molar-refractivity contribution >= 4 is 0 Å². The van der Waals surface area contributed by atoms with Gasteiger partial charge < -0.3 is 9.47 Å². The van der Waals surface area contributed by atoms with Crippen LogP contribution in [0, 0.1) is 12.7 Å². The van der Waals surface area contributed by atoms with Gasteiger partial charge in [0.1, 0.15) is 5.82 Å². The summed E-state index contributed by atoms with van der Waals surface area (Å²) in [6.07, 6.45) is 0.123. The van der Waals surface area contributed by atoms with Crippen molar-refractivity contribution in [2.24, 2.45) is 0 Å². The number of hydrogen-bond acceptors (Lipinski definition) is 3. The van der Waals surface area contributed by atoms with E-state index in [-0.39, 0.29) is 11.9 Å². The van der Waals surface area contributed by atoms with E-state index >= 15 is 0 Å². The van der Waals surface area contributed by atoms with Crippen LogP contribution in [0.4, 0.5) is 4.39 Å². The number of methoxy groups -OCH3 is 1. The Morgan fingerprint density at radius 3 is 3.11 bits per heavy atom. The largest absolute Gasteiger partial charge is 0.382 e. The first-order valence-electron chi connectivity index (χ1n) is 6.27. The van der Waals surface area contributed by atoms with Crippen LogP contribution in [-0.4, -0.2) is 44.4 Å². The van der Waals surface area contributed by atoms with Gasteiger partial charge in [0.15, 0.2) is 0 Å². The molecule has 0 aliphatic carbocycles. The van der Waals surface area contributed by atoms with Gasteiger partial charge in [0.05, 0.1) is 19.3 Å². The Labute approximate surface area is 107 Å². The van der Waals surface area contributed by atoms with Crippen LogP contribution in [0.2, 0.25) is 0 Å². The van der Waals surface area contributed by atoms with Gasteiger partial charge in [-0.1, -0.05) is 6.07 Å². The fourth-order valence-electron chi connectivity index (χ4n) is 2.26. The standard InChI is InChI=1S/C14H20FNO2/c1-11-3-4-13(15)7-12(11)8-16-5-6-18-14(9-16)10-17-2/h3-4,7,14H,5-6,8-10H2,1-2H3/t14-/m1/s1. The molecule has 1 atom stereocenters. The fourth-order valence-corrected chi connectivity index (χ4v) is 2.26. The second-order valence-electron chi connectivity index (χ2n) is 4.75. The maximum atomic E-state index is 13.2. The fraction of sp³-hybridized carbons (Fsp3) is 0.571. The summed E-state index contributed by atoms with van der Waals surface area (Å²) in [5.41, 5.74) is 2.18. The molecule has 0 spiro atoms. The predicted molar refractivity (Wildman–Crippen MR) is 68.0 cm³/mol. The minimum absolute atomic E-state index is 0.123. The maximum Gasteiger partial charge on any atom is 0.123 e. The number of benzene rings is 1. The first kappa shape index (κ1) is 13.5. The molecule has 1 saturated heterocycles. The van der Waals surface area contributed by atoms with Gasteiger partial charge in [0.2, 0.25) is 0 Å². The number of aryl methyl sites for hydroxylation is 1. The SMILES string of the molecule is COC[C@H]1CN(Cc2cc(F)ccc2C)CCO1. The van der Waals surface area contributed by atoms with E-state index in [1.165, 1.54) is 6.07 Å². The molecule has 1 aromatic rings. The normalized spacial score (nSPS) is 21.2. The van der Waals surface area contributed by atoms with Crippen LogP contribution in [0.15, 0.2) is 18.2 Å². The Balaban J connectivity index is 1.98. The number of rotatable bonds is 4. The van der Waals surface area contributed by atoms with E-state index in [0.717, 1.165) is 30.8 Å². The highest BCUT2D eigenvalue weighted by molar-refractivity contribution is 5.26. The zero-order valence-electron chi connectivity index (χ0n) is 11.0. The molecule has 0 unspecified atom stereocenters. The van der Waals surface area contributed by atoms with Crippen LogP contribution in [0.3, 0.4) is 0 Å². The first-order chi connectivity index (χ1) is 8.69. The molecule has 1 aromatic carbocycles. The molecule has 0 radical (unpaired) electrons. The van der Waals surface area contributed by atoms with Crippen molar-refractivity contribution < 1.29 is 13.9 Å². The van der Waals surface area contributed by atoms with Gasteiger partial charge in [-0.3, -0.25) is 4.90 Å². The van der Waals surface area contributed by atoms with Crippen molar-refractivity contribution in [2.45, 2.75) is 19.6 Å². The summed E-state index contributed by atoms with van der Waals surface area (Å²) in [4.78, 5) is 2.29. The van der Waals surface area contributed by atoms with Gasteiger partial charge >= 0.3 is 0 Å². The smallest absolute Gasteiger partial charge is 0.123 e. The number of hydrogen-bond donors (Lipinski definition) is 0. The molecule has 1 aliphatic heterocycles. The van der Waals surface area contributed by atoms with Crippen LogP contribution in [-0.2, 0) is 16.0 Å². The molecule has 18 heavy (non-hydrogen) atoms. The summed E-state index contributed by atoms with van der Waals surface area (Å²) < 4.78 is 23.9. The highest BCUT2D eigenvalue weighted by Gasteiger charge is 2.20. The molecule has 0 amide bonds. The van der Waals surface area contributed by atoms with Crippen molar-refractivity contribution in [2.75, 3.05) is 33.4 Å². The summed E-state index contributed by atoms with van der Waals surface area (Å²) in [5.74, 6) is -0.169. The average Bonchev–Trinajstić information content (AvgIpc) is 2.35. The molecular weight excluding hydrogens is 233 g/mol. The average molecular weight is 253 g/mol. The Bertz CT molecular complexity index is 395. The van der Waals surface area contributed by atoms with Crippen molar-refractivity contribution in [3.63, 3.8) is 0 Å². The van der Waals surface area contributed by atoms with Gasteiger partial charge in [-0.15, -0.1) is 0 Å². The monoisotopic (exact) mass is 253 g/mol. The van der Waals surface area contributed by atoms with E-state index in [2.05, 4.69) is 4.90 Å². The molecule has 1 aliphatic rings. The zero-order valence-corrected chi connectivity index (χ0v) is 11.0. The third kappa shape index (κ3) is 3.51. The minimum Gasteiger partial charge on any atom is -0.382 e. The molecule has 2 rings (SSSR count). The molecule has 0 aromatic heterocycles. The van der Waals surface area contributed by atoms with Crippen LogP contribution in [0.25, 0.3) is 0 Å². The van der Waals surface area contributed by atoms with Gasteiger partial charge in [-0.05, 0) is 30.2 Å². The predicted octanol–water partition coefficient (Wildman–Crippen LogP) is 1.98. The van der Waals surface area contributed by atoms with E-state index in [9.17, 15) is 4.39 Å². The van der Waals surface area contributed by atoms with Gasteiger partial charge in [-0.2, -0.15) is 0 Å². The van der Waals surface area contributed by atoms with E-state index in [0.29, 0.717) is 13.2 Å². The second-order valence-corrected chi connectivity index (χ2v) is 4.75. The highest BCUT2D eigenvalue weighted by atomic mass is 19.1. The van der Waals surface area contributed by atoms with Crippen LogP contribution >= 0.6 is 0 Å². The third-order valence-corrected chi connectivity index (χ3v) is 3.28. The Morgan fingerprint density at radius 2 is 2.33 bits per heavy atom. The molecule has 0 N–H and O–H groups in total. The molecule has 0 saturated carbocycles. The lowest BCUT2D eigenvalue weighted by molar-refractivity contribution is -0.0631. The summed E-state index contributed by atoms with van der Waals surface area (Å²) >= 11 is 0. The van der Waals surface area contributed by atoms with Crippen molar-refractivity contribution in [1.29, 1.82) is 0 Å². The lowest BCUT2D eigenvalue weighted by Gasteiger charge is -2.32. The summed E-state index contributed by atoms with van der Waals surface area (Å²) in [6.45, 7) is 5.83. The van der Waals surface area contributed by atoms with Crippen LogP contribution < -0.4 is 0 Å². The minimum atomic E-state index is -0.169. The first-order valence-corrected chi connectivity index (χ1v) is 6.27. The lowest BCUT2D eigenvalue weighted by Crippen LogP contribution is -2.43. The van der Waals surface area contributed by atoms with Crippen molar-refractivity contribution in [3.8, 4) is 0 Å². The topological polar surface area (TPSA) is 21.7 Å². The molecule has 0 bridgehead atoms. The maximum absolute atomic E-state index is 13.2. The Morgan fingerprint density at radius 1 is 1.50 bits per heavy atom. The molecule has 3 nitrogen and oxygen atoms in total. The van der Waals surface area contributed by atoms with Crippen LogP contribution in [0.5, 0.6) is 0 Å². The number of halogens is 1. The summed E-state index contributed by atoms with van der Waals surface area (Å²) in [6, 6.07) is 4.96. The summed E-state index contributed by atoms with van der Waals surface area (Å²) in [5, 5.41) is 0. The van der Waals surface area contributed by atoms with Gasteiger partial charge in [-0.25, -0.2) is 4.39 Å². The zero-order chi connectivity index (χ0) is 13.0. The summed E-state index contributed by atoms with van der Waals surface area (Å²) in [7, 11) is 1.68. The number of morpholine rings is 1. The van der Waals surface area contributed by atoms with E-state index in [1.807, 2.05) is 13.0 Å². The molecular formula is C14H20FNO2. The Kier molecular flexibility index (Phi) is 4.69. The third-order valence-electron chi connectivity index (χ3n) is 3.28. The highest BCUT2D eigenvalue weighted by Crippen LogP contribution is 2.15. The van der Waals surface area contributed by atoms with Crippen molar-refractivity contribution in [3.05, 3.63) is 35.1 Å². The molecule has 100 valence electrons. The molecule has 1 heterocycles. The van der Waals surface area contributed by atoms with E-state index in [4.69, 9.17) is 9.47 Å². The van der Waals surface area contributed by atoms with Crippen LogP contribution in [0.1, 0.15) is 11.1 Å². The van der Waals surface area contributed by atoms with Crippen molar-refractivity contribution in [1.82, 2.24) is 4.90 Å². The Hall–Kier alpha value is -0.970. The van der Waals surface area contributed by atoms with E-state index < -0.39 is 0 Å². The quantitative estimate of drug-likeness (QED) is 0.819. The van der Waals surface area contributed by atoms with E-state index in [1.54, 1.807) is 13.2 Å². The number of ether oxygens (including phenoxy) is 2. The second kappa shape index (κ2) is 6.27. The lowest BCUT2D eigenvalue weighted by atomic mass is 10.1. The van der Waals surface area contributed by atoms with Gasteiger partial charge in [0.25, 0.3) is 0 Å². The number of nitrogens with zero attached hydrogens (tertiary/aromatic N) is 1.